The summed E-state index contributed by atoms with van der Waals surface area (Å²) < 4.78 is 43.7. The Morgan fingerprint density at radius 3 is 2.57 bits per heavy atom. The molecule has 2 rings (SSSR count). The molecule has 1 heterocycles. The molecule has 1 N–H and O–H groups in total. The van der Waals surface area contributed by atoms with Crippen LogP contribution < -0.4 is 10.3 Å². The zero-order chi connectivity index (χ0) is 15.6. The maximum atomic E-state index is 13.0. The van der Waals surface area contributed by atoms with Crippen LogP contribution in [0.25, 0.3) is 11.3 Å². The Bertz CT molecular complexity index is 713. The molecule has 1 aromatic heterocycles. The molecule has 8 heteroatoms. The Balaban J connectivity index is 2.60. The smallest absolute Gasteiger partial charge is 0.419 e. The molecule has 112 valence electrons. The molecule has 4 nitrogen and oxygen atoms in total. The van der Waals surface area contributed by atoms with Gasteiger partial charge in [-0.15, -0.1) is 0 Å². The van der Waals surface area contributed by atoms with Crippen LogP contribution in [0.3, 0.4) is 0 Å². The third-order valence-corrected chi connectivity index (χ3v) is 3.29. The number of hydrogen-bond acceptors (Lipinski definition) is 4. The fourth-order valence-electron chi connectivity index (χ4n) is 1.77. The van der Waals surface area contributed by atoms with E-state index in [4.69, 9.17) is 4.74 Å². The second kappa shape index (κ2) is 5.80. The van der Waals surface area contributed by atoms with Gasteiger partial charge in [0.2, 0.25) is 0 Å². The molecule has 0 spiro atoms. The van der Waals surface area contributed by atoms with E-state index < -0.39 is 17.3 Å². The summed E-state index contributed by atoms with van der Waals surface area (Å²) in [4.78, 5) is 18.1. The number of aromatic nitrogens is 2. The van der Waals surface area contributed by atoms with Crippen LogP contribution >= 0.6 is 11.8 Å². The number of benzene rings is 1. The molecule has 0 unspecified atom stereocenters. The number of hydrogen-bond donors (Lipinski definition) is 1. The Morgan fingerprint density at radius 1 is 1.29 bits per heavy atom. The van der Waals surface area contributed by atoms with Crippen LogP contribution in [0.4, 0.5) is 13.2 Å². The molecule has 0 saturated heterocycles. The van der Waals surface area contributed by atoms with Gasteiger partial charge in [-0.05, 0) is 24.5 Å². The lowest BCUT2D eigenvalue weighted by Gasteiger charge is -2.13. The largest absolute Gasteiger partial charge is 0.496 e. The van der Waals surface area contributed by atoms with E-state index in [1.54, 1.807) is 6.26 Å². The average Bonchev–Trinajstić information content (AvgIpc) is 2.45. The van der Waals surface area contributed by atoms with Crippen molar-refractivity contribution in [1.29, 1.82) is 0 Å². The zero-order valence-electron chi connectivity index (χ0n) is 11.1. The summed E-state index contributed by atoms with van der Waals surface area (Å²) in [7, 11) is 1.17. The molecule has 0 saturated carbocycles. The number of rotatable bonds is 3. The van der Waals surface area contributed by atoms with Crippen LogP contribution in [0.1, 0.15) is 5.56 Å². The van der Waals surface area contributed by atoms with Gasteiger partial charge in [-0.3, -0.25) is 4.79 Å². The fourth-order valence-corrected chi connectivity index (χ4v) is 2.16. The highest BCUT2D eigenvalue weighted by Gasteiger charge is 2.34. The standard InChI is InChI=1S/C13H11F3N2O2S/c1-20-10-4-3-7(5-8(10)13(14,15)16)9-6-11(19)18-12(17-9)21-2/h3-6H,1-2H3,(H,17,18,19). The number of ether oxygens (including phenoxy) is 1. The van der Waals surface area contributed by atoms with Crippen LogP contribution in [0.2, 0.25) is 0 Å². The number of halogens is 3. The van der Waals surface area contributed by atoms with Crippen LogP contribution in [0, 0.1) is 0 Å². The van der Waals surface area contributed by atoms with Crippen molar-refractivity contribution >= 4 is 11.8 Å². The first-order valence-corrected chi connectivity index (χ1v) is 6.98. The number of alkyl halides is 3. The monoisotopic (exact) mass is 316 g/mol. The molecular formula is C13H11F3N2O2S. The summed E-state index contributed by atoms with van der Waals surface area (Å²) in [5.41, 5.74) is -0.954. The predicted molar refractivity (Wildman–Crippen MR) is 73.6 cm³/mol. The first-order valence-electron chi connectivity index (χ1n) is 5.76. The fraction of sp³-hybridized carbons (Fsp3) is 0.231. The first kappa shape index (κ1) is 15.4. The van der Waals surface area contributed by atoms with Gasteiger partial charge < -0.3 is 9.72 Å². The number of methoxy groups -OCH3 is 1. The highest BCUT2D eigenvalue weighted by Crippen LogP contribution is 2.38. The Kier molecular flexibility index (Phi) is 4.26. The van der Waals surface area contributed by atoms with Gasteiger partial charge in [0.15, 0.2) is 5.16 Å². The van der Waals surface area contributed by atoms with E-state index in [-0.39, 0.29) is 17.0 Å². The lowest BCUT2D eigenvalue weighted by molar-refractivity contribution is -0.138. The summed E-state index contributed by atoms with van der Waals surface area (Å²) in [6.07, 6.45) is -2.85. The third-order valence-electron chi connectivity index (χ3n) is 2.71. The molecule has 0 bridgehead atoms. The van der Waals surface area contributed by atoms with Crippen molar-refractivity contribution in [3.8, 4) is 17.0 Å². The van der Waals surface area contributed by atoms with Crippen molar-refractivity contribution < 1.29 is 17.9 Å². The van der Waals surface area contributed by atoms with E-state index in [0.717, 1.165) is 12.1 Å². The molecule has 0 atom stereocenters. The quantitative estimate of drug-likeness (QED) is 0.698. The highest BCUT2D eigenvalue weighted by molar-refractivity contribution is 7.98. The normalized spacial score (nSPS) is 11.5. The van der Waals surface area contributed by atoms with Gasteiger partial charge in [-0.2, -0.15) is 13.2 Å². The topological polar surface area (TPSA) is 55.0 Å². The average molecular weight is 316 g/mol. The summed E-state index contributed by atoms with van der Waals surface area (Å²) in [5.74, 6) is -0.277. The van der Waals surface area contributed by atoms with E-state index >= 15 is 0 Å². The minimum atomic E-state index is -4.55. The van der Waals surface area contributed by atoms with E-state index in [9.17, 15) is 18.0 Å². The maximum Gasteiger partial charge on any atom is 0.419 e. The number of nitrogens with zero attached hydrogens (tertiary/aromatic N) is 1. The number of thioether (sulfide) groups is 1. The third kappa shape index (κ3) is 3.38. The number of aromatic amines is 1. The minimum absolute atomic E-state index is 0.177. The molecule has 1 aromatic carbocycles. The lowest BCUT2D eigenvalue weighted by Crippen LogP contribution is -2.10. The van der Waals surface area contributed by atoms with Crippen molar-refractivity contribution in [2.75, 3.05) is 13.4 Å². The van der Waals surface area contributed by atoms with Gasteiger partial charge in [0.1, 0.15) is 5.75 Å². The second-order valence-corrected chi connectivity index (χ2v) is 4.85. The van der Waals surface area contributed by atoms with E-state index in [1.165, 1.54) is 31.0 Å². The second-order valence-electron chi connectivity index (χ2n) is 4.05. The zero-order valence-corrected chi connectivity index (χ0v) is 11.9. The predicted octanol–water partition coefficient (Wildman–Crippen LogP) is 3.19. The molecular weight excluding hydrogens is 305 g/mol. The van der Waals surface area contributed by atoms with Gasteiger partial charge in [0.05, 0.1) is 18.4 Å². The van der Waals surface area contributed by atoms with Crippen molar-refractivity contribution in [1.82, 2.24) is 9.97 Å². The van der Waals surface area contributed by atoms with E-state index in [2.05, 4.69) is 9.97 Å². The molecule has 0 aliphatic carbocycles. The lowest BCUT2D eigenvalue weighted by atomic mass is 10.1. The van der Waals surface area contributed by atoms with Gasteiger partial charge in [0.25, 0.3) is 5.56 Å². The van der Waals surface area contributed by atoms with Crippen molar-refractivity contribution in [3.63, 3.8) is 0 Å². The molecule has 21 heavy (non-hydrogen) atoms. The van der Waals surface area contributed by atoms with Crippen LogP contribution in [0.15, 0.2) is 34.2 Å². The molecule has 0 radical (unpaired) electrons. The van der Waals surface area contributed by atoms with Gasteiger partial charge in [-0.25, -0.2) is 4.98 Å². The molecule has 0 amide bonds. The van der Waals surface area contributed by atoms with Gasteiger partial charge in [-0.1, -0.05) is 11.8 Å². The van der Waals surface area contributed by atoms with Crippen LogP contribution in [-0.4, -0.2) is 23.3 Å². The van der Waals surface area contributed by atoms with Crippen molar-refractivity contribution in [2.24, 2.45) is 0 Å². The first-order chi connectivity index (χ1) is 9.85. The summed E-state index contributed by atoms with van der Waals surface area (Å²) >= 11 is 1.20. The molecule has 0 fully saturated rings. The SMILES string of the molecule is COc1ccc(-c2cc(=O)[nH]c(SC)n2)cc1C(F)(F)F. The van der Waals surface area contributed by atoms with Crippen molar-refractivity contribution in [3.05, 3.63) is 40.2 Å². The van der Waals surface area contributed by atoms with Crippen LogP contribution in [0.5, 0.6) is 5.75 Å². The minimum Gasteiger partial charge on any atom is -0.496 e. The molecule has 0 aliphatic rings. The number of nitrogens with one attached hydrogen (secondary N) is 1. The summed E-state index contributed by atoms with van der Waals surface area (Å²) in [6, 6.07) is 4.71. The van der Waals surface area contributed by atoms with Gasteiger partial charge in [0, 0.05) is 11.6 Å². The molecule has 0 aliphatic heterocycles. The summed E-state index contributed by atoms with van der Waals surface area (Å²) in [6.45, 7) is 0. The molecule has 2 aromatic rings. The van der Waals surface area contributed by atoms with Crippen molar-refractivity contribution in [2.45, 2.75) is 11.3 Å². The number of H-pyrrole nitrogens is 1. The Labute approximate surface area is 122 Å². The maximum absolute atomic E-state index is 13.0. The van der Waals surface area contributed by atoms with E-state index in [1.807, 2.05) is 0 Å². The van der Waals surface area contributed by atoms with E-state index in [0.29, 0.717) is 5.16 Å². The summed E-state index contributed by atoms with van der Waals surface area (Å²) in [5, 5.41) is 0.335. The Morgan fingerprint density at radius 2 is 2.00 bits per heavy atom. The van der Waals surface area contributed by atoms with Crippen LogP contribution in [-0.2, 0) is 6.18 Å². The highest BCUT2D eigenvalue weighted by atomic mass is 32.2. The van der Waals surface area contributed by atoms with Gasteiger partial charge >= 0.3 is 6.18 Å². The Hall–Kier alpha value is -1.96.